The van der Waals surface area contributed by atoms with Gasteiger partial charge in [-0.1, -0.05) is 47.5 Å². The van der Waals surface area contributed by atoms with Gasteiger partial charge in [0.15, 0.2) is 0 Å². The largest absolute Gasteiger partial charge is 0.353 e. The molecule has 31 heavy (non-hydrogen) atoms. The van der Waals surface area contributed by atoms with Gasteiger partial charge in [-0.15, -0.1) is 0 Å². The van der Waals surface area contributed by atoms with Crippen LogP contribution in [0.4, 0.5) is 5.82 Å². The third-order valence-corrected chi connectivity index (χ3v) is 6.17. The molecule has 0 bridgehead atoms. The topological polar surface area (TPSA) is 49.3 Å². The van der Waals surface area contributed by atoms with Gasteiger partial charge in [0.2, 0.25) is 0 Å². The standard InChI is InChI=1S/C24H24Cl2N4O/c1-16-21(15-18-6-3-4-9-22(18)26)23(28-17(2)27-16)29-10-12-30(13-11-29)24(31)19-7-5-8-20(25)14-19/h3-9,14H,10-13,15H2,1-2H3. The Kier molecular flexibility index (Phi) is 6.44. The summed E-state index contributed by atoms with van der Waals surface area (Å²) in [5.74, 6) is 1.68. The van der Waals surface area contributed by atoms with Crippen LogP contribution >= 0.6 is 23.2 Å². The Morgan fingerprint density at radius 3 is 2.42 bits per heavy atom. The normalized spacial score (nSPS) is 14.1. The first-order valence-corrected chi connectivity index (χ1v) is 11.1. The molecule has 0 spiro atoms. The van der Waals surface area contributed by atoms with Crippen LogP contribution in [0.15, 0.2) is 48.5 Å². The summed E-state index contributed by atoms with van der Waals surface area (Å²) < 4.78 is 0. The third-order valence-electron chi connectivity index (χ3n) is 5.57. The summed E-state index contributed by atoms with van der Waals surface area (Å²) in [6.07, 6.45) is 0.669. The number of hydrogen-bond acceptors (Lipinski definition) is 4. The van der Waals surface area contributed by atoms with Crippen molar-refractivity contribution in [1.82, 2.24) is 14.9 Å². The maximum absolute atomic E-state index is 12.9. The number of rotatable bonds is 4. The van der Waals surface area contributed by atoms with E-state index in [1.807, 2.05) is 43.0 Å². The van der Waals surface area contributed by atoms with Crippen molar-refractivity contribution >= 4 is 34.9 Å². The van der Waals surface area contributed by atoms with Gasteiger partial charge in [0.1, 0.15) is 11.6 Å². The van der Waals surface area contributed by atoms with E-state index in [1.165, 1.54) is 0 Å². The SMILES string of the molecule is Cc1nc(C)c(Cc2ccccc2Cl)c(N2CCN(C(=O)c3cccc(Cl)c3)CC2)n1. The second-order valence-electron chi connectivity index (χ2n) is 7.72. The fraction of sp³-hybridized carbons (Fsp3) is 0.292. The van der Waals surface area contributed by atoms with Gasteiger partial charge in [-0.3, -0.25) is 4.79 Å². The average Bonchev–Trinajstić information content (AvgIpc) is 2.76. The second-order valence-corrected chi connectivity index (χ2v) is 8.56. The zero-order valence-corrected chi connectivity index (χ0v) is 19.1. The number of aryl methyl sites for hydroxylation is 2. The van der Waals surface area contributed by atoms with Gasteiger partial charge in [0, 0.05) is 59.5 Å². The predicted molar refractivity (Wildman–Crippen MR) is 125 cm³/mol. The van der Waals surface area contributed by atoms with Gasteiger partial charge in [0.25, 0.3) is 5.91 Å². The van der Waals surface area contributed by atoms with Crippen LogP contribution < -0.4 is 4.90 Å². The smallest absolute Gasteiger partial charge is 0.254 e. The van der Waals surface area contributed by atoms with Crippen molar-refractivity contribution in [2.75, 3.05) is 31.1 Å². The molecule has 0 unspecified atom stereocenters. The van der Waals surface area contributed by atoms with E-state index in [4.69, 9.17) is 28.2 Å². The Morgan fingerprint density at radius 2 is 1.71 bits per heavy atom. The highest BCUT2D eigenvalue weighted by Gasteiger charge is 2.25. The van der Waals surface area contributed by atoms with Crippen LogP contribution in [0.2, 0.25) is 10.0 Å². The van der Waals surface area contributed by atoms with Gasteiger partial charge < -0.3 is 9.80 Å². The van der Waals surface area contributed by atoms with Gasteiger partial charge in [-0.25, -0.2) is 9.97 Å². The predicted octanol–water partition coefficient (Wildman–Crippen LogP) is 4.95. The molecule has 4 rings (SSSR count). The first-order valence-electron chi connectivity index (χ1n) is 10.3. The molecule has 1 aliphatic heterocycles. The molecular formula is C24H24Cl2N4O. The third kappa shape index (κ3) is 4.83. The summed E-state index contributed by atoms with van der Waals surface area (Å²) in [6.45, 7) is 6.59. The van der Waals surface area contributed by atoms with Crippen molar-refractivity contribution in [1.29, 1.82) is 0 Å². The van der Waals surface area contributed by atoms with Crippen molar-refractivity contribution in [3.63, 3.8) is 0 Å². The van der Waals surface area contributed by atoms with E-state index in [9.17, 15) is 4.79 Å². The van der Waals surface area contributed by atoms with Crippen molar-refractivity contribution in [2.24, 2.45) is 0 Å². The summed E-state index contributed by atoms with van der Waals surface area (Å²) in [5.41, 5.74) is 3.71. The maximum atomic E-state index is 12.9. The first kappa shape index (κ1) is 21.6. The lowest BCUT2D eigenvalue weighted by molar-refractivity contribution is 0.0746. The molecule has 1 aromatic heterocycles. The molecule has 1 saturated heterocycles. The number of piperazine rings is 1. The molecular weight excluding hydrogens is 431 g/mol. The van der Waals surface area contributed by atoms with Crippen LogP contribution in [-0.4, -0.2) is 47.0 Å². The van der Waals surface area contributed by atoms with Crippen LogP contribution in [-0.2, 0) is 6.42 Å². The molecule has 0 aliphatic carbocycles. The lowest BCUT2D eigenvalue weighted by atomic mass is 10.0. The van der Waals surface area contributed by atoms with Crippen LogP contribution in [0.1, 0.15) is 33.0 Å². The molecule has 2 aromatic carbocycles. The quantitative estimate of drug-likeness (QED) is 0.559. The maximum Gasteiger partial charge on any atom is 0.254 e. The van der Waals surface area contributed by atoms with Gasteiger partial charge in [-0.2, -0.15) is 0 Å². The minimum Gasteiger partial charge on any atom is -0.353 e. The van der Waals surface area contributed by atoms with E-state index < -0.39 is 0 Å². The summed E-state index contributed by atoms with van der Waals surface area (Å²) in [7, 11) is 0. The summed E-state index contributed by atoms with van der Waals surface area (Å²) in [5, 5.41) is 1.31. The Labute approximate surface area is 192 Å². The lowest BCUT2D eigenvalue weighted by Gasteiger charge is -2.36. The fourth-order valence-electron chi connectivity index (χ4n) is 3.94. The van der Waals surface area contributed by atoms with E-state index in [1.54, 1.807) is 24.3 Å². The number of aromatic nitrogens is 2. The van der Waals surface area contributed by atoms with Crippen molar-refractivity contribution < 1.29 is 4.79 Å². The molecule has 0 atom stereocenters. The van der Waals surface area contributed by atoms with Gasteiger partial charge in [0.05, 0.1) is 0 Å². The molecule has 0 N–H and O–H groups in total. The molecule has 5 nitrogen and oxygen atoms in total. The van der Waals surface area contributed by atoms with Crippen molar-refractivity contribution in [2.45, 2.75) is 20.3 Å². The molecule has 0 radical (unpaired) electrons. The van der Waals surface area contributed by atoms with E-state index >= 15 is 0 Å². The minimum absolute atomic E-state index is 0.00786. The zero-order valence-electron chi connectivity index (χ0n) is 17.6. The molecule has 0 saturated carbocycles. The summed E-state index contributed by atoms with van der Waals surface area (Å²) >= 11 is 12.5. The number of anilines is 1. The number of benzene rings is 2. The monoisotopic (exact) mass is 454 g/mol. The van der Waals surface area contributed by atoms with Crippen molar-refractivity contribution in [3.05, 3.63) is 86.8 Å². The van der Waals surface area contributed by atoms with E-state index in [0.717, 1.165) is 33.5 Å². The first-order chi connectivity index (χ1) is 14.9. The van der Waals surface area contributed by atoms with Crippen molar-refractivity contribution in [3.8, 4) is 0 Å². The Hall–Kier alpha value is -2.63. The fourth-order valence-corrected chi connectivity index (χ4v) is 4.34. The molecule has 1 aliphatic rings. The van der Waals surface area contributed by atoms with Crippen LogP contribution in [0.5, 0.6) is 0 Å². The summed E-state index contributed by atoms with van der Waals surface area (Å²) in [4.78, 5) is 26.3. The number of halogens is 2. The summed E-state index contributed by atoms with van der Waals surface area (Å²) in [6, 6.07) is 15.0. The van der Waals surface area contributed by atoms with Crippen LogP contribution in [0.3, 0.4) is 0 Å². The number of hydrogen-bond donors (Lipinski definition) is 0. The van der Waals surface area contributed by atoms with Gasteiger partial charge >= 0.3 is 0 Å². The van der Waals surface area contributed by atoms with Gasteiger partial charge in [-0.05, 0) is 43.7 Å². The molecule has 1 amide bonds. The molecule has 7 heteroatoms. The Bertz CT molecular complexity index is 1110. The van der Waals surface area contributed by atoms with Crippen LogP contribution in [0, 0.1) is 13.8 Å². The highest BCUT2D eigenvalue weighted by Crippen LogP contribution is 2.28. The molecule has 160 valence electrons. The van der Waals surface area contributed by atoms with E-state index in [2.05, 4.69) is 9.88 Å². The second kappa shape index (κ2) is 9.25. The average molecular weight is 455 g/mol. The number of carbonyl (C=O) groups excluding carboxylic acids is 1. The zero-order chi connectivity index (χ0) is 22.0. The Balaban J connectivity index is 1.54. The number of nitrogens with zero attached hydrogens (tertiary/aromatic N) is 4. The molecule has 1 fully saturated rings. The van der Waals surface area contributed by atoms with E-state index in [0.29, 0.717) is 43.2 Å². The number of amides is 1. The highest BCUT2D eigenvalue weighted by molar-refractivity contribution is 6.31. The Morgan fingerprint density at radius 1 is 0.968 bits per heavy atom. The molecule has 3 aromatic rings. The van der Waals surface area contributed by atoms with Crippen LogP contribution in [0.25, 0.3) is 0 Å². The van der Waals surface area contributed by atoms with E-state index in [-0.39, 0.29) is 5.91 Å². The number of carbonyl (C=O) groups is 1. The lowest BCUT2D eigenvalue weighted by Crippen LogP contribution is -2.49. The minimum atomic E-state index is 0.00786. The molecule has 2 heterocycles. The highest BCUT2D eigenvalue weighted by atomic mass is 35.5.